The van der Waals surface area contributed by atoms with E-state index in [2.05, 4.69) is 9.97 Å². The SMILES string of the molecule is CCC1C[C@H](N(Cc2cc(C(F)(F)F)cc(C(F)(F)F)c2)c2ncc(OCCCS(C)(=O)=O)cn2)c2cc(C(F)(F)F)ccc2N1C(=O)OCCC(=O)O. The first-order chi connectivity index (χ1) is 25.0. The quantitative estimate of drug-likeness (QED) is 0.135. The van der Waals surface area contributed by atoms with Crippen LogP contribution < -0.4 is 14.5 Å². The average molecular weight is 801 g/mol. The summed E-state index contributed by atoms with van der Waals surface area (Å²) in [6.45, 7) is 0.117. The highest BCUT2D eigenvalue weighted by atomic mass is 32.2. The molecular formula is C33H33F9N4O7S. The van der Waals surface area contributed by atoms with Crippen molar-refractivity contribution < 1.29 is 72.1 Å². The second kappa shape index (κ2) is 16.3. The predicted octanol–water partition coefficient (Wildman–Crippen LogP) is 7.69. The Balaban J connectivity index is 1.88. The van der Waals surface area contributed by atoms with E-state index >= 15 is 0 Å². The number of hydrogen-bond acceptors (Lipinski definition) is 9. The molecule has 0 fully saturated rings. The van der Waals surface area contributed by atoms with Crippen LogP contribution in [0.3, 0.4) is 0 Å². The Hall–Kier alpha value is -4.82. The maximum Gasteiger partial charge on any atom is 0.416 e. The molecular weight excluding hydrogens is 767 g/mol. The maximum atomic E-state index is 14.1. The summed E-state index contributed by atoms with van der Waals surface area (Å²) >= 11 is 0. The van der Waals surface area contributed by atoms with Crippen LogP contribution in [0.2, 0.25) is 0 Å². The molecule has 4 rings (SSSR count). The minimum Gasteiger partial charge on any atom is -0.490 e. The average Bonchev–Trinajstić information content (AvgIpc) is 3.06. The van der Waals surface area contributed by atoms with Crippen molar-refractivity contribution in [3.63, 3.8) is 0 Å². The van der Waals surface area contributed by atoms with Crippen LogP contribution in [-0.2, 0) is 44.4 Å². The van der Waals surface area contributed by atoms with Gasteiger partial charge in [-0.3, -0.25) is 9.69 Å². The molecule has 0 saturated heterocycles. The number of nitrogens with zero attached hydrogens (tertiary/aromatic N) is 4. The van der Waals surface area contributed by atoms with Crippen molar-refractivity contribution in [2.45, 2.75) is 69.8 Å². The Morgan fingerprint density at radius 3 is 2.02 bits per heavy atom. The summed E-state index contributed by atoms with van der Waals surface area (Å²) in [5.74, 6) is -1.87. The third kappa shape index (κ3) is 10.9. The van der Waals surface area contributed by atoms with Gasteiger partial charge in [0.1, 0.15) is 16.4 Å². The maximum absolute atomic E-state index is 14.1. The molecule has 1 aliphatic heterocycles. The van der Waals surface area contributed by atoms with Crippen molar-refractivity contribution in [1.82, 2.24) is 9.97 Å². The molecule has 0 saturated carbocycles. The zero-order valence-corrected chi connectivity index (χ0v) is 29.2. The number of carbonyl (C=O) groups excluding carboxylic acids is 1. The van der Waals surface area contributed by atoms with Gasteiger partial charge in [-0.1, -0.05) is 6.92 Å². The number of carbonyl (C=O) groups is 2. The molecule has 0 radical (unpaired) electrons. The number of carboxylic acids is 1. The molecule has 296 valence electrons. The molecule has 1 aromatic heterocycles. The van der Waals surface area contributed by atoms with Crippen LogP contribution in [0.25, 0.3) is 0 Å². The fourth-order valence-electron chi connectivity index (χ4n) is 5.76. The number of alkyl halides is 9. The van der Waals surface area contributed by atoms with Gasteiger partial charge in [-0.05, 0) is 66.8 Å². The van der Waals surface area contributed by atoms with Gasteiger partial charge in [0, 0.05) is 18.8 Å². The number of hydrogen-bond donors (Lipinski definition) is 1. The summed E-state index contributed by atoms with van der Waals surface area (Å²) in [6, 6.07) is 0.941. The summed E-state index contributed by atoms with van der Waals surface area (Å²) < 4.78 is 159. The Kier molecular flexibility index (Phi) is 12.6. The Morgan fingerprint density at radius 2 is 1.50 bits per heavy atom. The van der Waals surface area contributed by atoms with E-state index in [-0.39, 0.29) is 60.6 Å². The second-order valence-corrected chi connectivity index (χ2v) is 14.6. The van der Waals surface area contributed by atoms with Crippen LogP contribution in [0.15, 0.2) is 48.8 Å². The van der Waals surface area contributed by atoms with Gasteiger partial charge < -0.3 is 19.5 Å². The van der Waals surface area contributed by atoms with Gasteiger partial charge in [0.2, 0.25) is 5.95 Å². The van der Waals surface area contributed by atoms with Gasteiger partial charge in [0.15, 0.2) is 5.75 Å². The summed E-state index contributed by atoms with van der Waals surface area (Å²) in [7, 11) is -3.31. The summed E-state index contributed by atoms with van der Waals surface area (Å²) in [4.78, 5) is 34.8. The van der Waals surface area contributed by atoms with E-state index in [4.69, 9.17) is 14.6 Å². The first kappa shape index (κ1) is 41.9. The highest BCUT2D eigenvalue weighted by molar-refractivity contribution is 7.90. The number of fused-ring (bicyclic) bond motifs is 1. The molecule has 54 heavy (non-hydrogen) atoms. The third-order valence-corrected chi connectivity index (χ3v) is 9.25. The van der Waals surface area contributed by atoms with Crippen molar-refractivity contribution in [1.29, 1.82) is 0 Å². The van der Waals surface area contributed by atoms with Crippen molar-refractivity contribution >= 4 is 33.5 Å². The van der Waals surface area contributed by atoms with Gasteiger partial charge in [0.05, 0.1) is 59.6 Å². The first-order valence-corrected chi connectivity index (χ1v) is 18.1. The lowest BCUT2D eigenvalue weighted by atomic mass is 9.87. The summed E-state index contributed by atoms with van der Waals surface area (Å²) in [5.41, 5.74) is -5.43. The molecule has 0 spiro atoms. The van der Waals surface area contributed by atoms with Crippen molar-refractivity contribution in [2.24, 2.45) is 0 Å². The normalized spacial score (nSPS) is 16.5. The number of rotatable bonds is 13. The fraction of sp³-hybridized carbons (Fsp3) is 0.455. The van der Waals surface area contributed by atoms with E-state index in [9.17, 15) is 57.5 Å². The zero-order chi connectivity index (χ0) is 40.2. The van der Waals surface area contributed by atoms with Crippen LogP contribution in [-0.4, -0.2) is 66.8 Å². The number of sulfone groups is 1. The van der Waals surface area contributed by atoms with Crippen LogP contribution in [0.4, 0.5) is 55.9 Å². The third-order valence-electron chi connectivity index (χ3n) is 8.22. The minimum absolute atomic E-state index is 0.00394. The topological polar surface area (TPSA) is 139 Å². The van der Waals surface area contributed by atoms with Crippen molar-refractivity contribution in [2.75, 3.05) is 35.0 Å². The van der Waals surface area contributed by atoms with E-state index in [1.807, 2.05) is 0 Å². The molecule has 0 bridgehead atoms. The fourth-order valence-corrected chi connectivity index (χ4v) is 6.40. The first-order valence-electron chi connectivity index (χ1n) is 16.0. The van der Waals surface area contributed by atoms with Gasteiger partial charge >= 0.3 is 30.6 Å². The number of aliphatic carboxylic acids is 1. The molecule has 21 heteroatoms. The van der Waals surface area contributed by atoms with Crippen molar-refractivity contribution in [3.8, 4) is 5.75 Å². The molecule has 3 aromatic rings. The molecule has 1 unspecified atom stereocenters. The highest BCUT2D eigenvalue weighted by Crippen LogP contribution is 2.46. The smallest absolute Gasteiger partial charge is 0.416 e. The van der Waals surface area contributed by atoms with E-state index in [0.29, 0.717) is 24.3 Å². The monoisotopic (exact) mass is 800 g/mol. The lowest BCUT2D eigenvalue weighted by molar-refractivity contribution is -0.143. The molecule has 1 N–H and O–H groups in total. The molecule has 11 nitrogen and oxygen atoms in total. The Morgan fingerprint density at radius 1 is 0.907 bits per heavy atom. The Labute approximate surface area is 302 Å². The number of amides is 1. The number of aromatic nitrogens is 2. The van der Waals surface area contributed by atoms with E-state index in [0.717, 1.165) is 34.5 Å². The van der Waals surface area contributed by atoms with Crippen LogP contribution in [0.1, 0.15) is 66.5 Å². The largest absolute Gasteiger partial charge is 0.490 e. The molecule has 2 heterocycles. The lowest BCUT2D eigenvalue weighted by Crippen LogP contribution is -2.48. The second-order valence-electron chi connectivity index (χ2n) is 12.3. The van der Waals surface area contributed by atoms with Crippen molar-refractivity contribution in [3.05, 3.63) is 76.6 Å². The lowest BCUT2D eigenvalue weighted by Gasteiger charge is -2.44. The molecule has 1 amide bonds. The summed E-state index contributed by atoms with van der Waals surface area (Å²) in [5, 5.41) is 8.96. The molecule has 1 aliphatic rings. The standard InChI is InChI=1S/C33H33F9N4O7S/c1-3-23-15-27(25-14-20(31(34,35)36)5-6-26(25)46(23)30(49)53-9-7-28(47)48)45(29-43-16-24(17-44-29)52-8-4-10-54(2,50)51)18-19-11-21(32(37,38)39)13-22(12-19)33(40,41)42/h5-6,11-14,16-17,23,27H,3-4,7-10,15,18H2,1-2H3,(H,47,48)/t23?,27-/m0/s1. The number of carboxylic acid groups (broad SMARTS) is 1. The van der Waals surface area contributed by atoms with Crippen LogP contribution in [0, 0.1) is 0 Å². The number of anilines is 2. The summed E-state index contributed by atoms with van der Waals surface area (Å²) in [6.07, 6.45) is -13.9. The molecule has 2 atom stereocenters. The Bertz CT molecular complexity index is 1890. The molecule has 0 aliphatic carbocycles. The molecule has 2 aromatic carbocycles. The van der Waals surface area contributed by atoms with Gasteiger partial charge in [0.25, 0.3) is 0 Å². The van der Waals surface area contributed by atoms with E-state index in [1.165, 1.54) is 0 Å². The van der Waals surface area contributed by atoms with Gasteiger partial charge in [-0.15, -0.1) is 0 Å². The van der Waals surface area contributed by atoms with Crippen LogP contribution >= 0.6 is 0 Å². The van der Waals surface area contributed by atoms with Gasteiger partial charge in [-0.25, -0.2) is 23.2 Å². The van der Waals surface area contributed by atoms with Crippen LogP contribution in [0.5, 0.6) is 5.75 Å². The van der Waals surface area contributed by atoms with E-state index < -0.39 is 94.3 Å². The minimum atomic E-state index is -5.22. The number of ether oxygens (including phenoxy) is 2. The number of halogens is 9. The predicted molar refractivity (Wildman–Crippen MR) is 173 cm³/mol. The van der Waals surface area contributed by atoms with Gasteiger partial charge in [-0.2, -0.15) is 39.5 Å². The van der Waals surface area contributed by atoms with E-state index in [1.54, 1.807) is 6.92 Å². The highest BCUT2D eigenvalue weighted by Gasteiger charge is 2.43. The number of benzene rings is 2. The zero-order valence-electron chi connectivity index (χ0n) is 28.4.